The largest absolute Gasteiger partial charge is 0.507 e. The highest BCUT2D eigenvalue weighted by atomic mass is 16.7. The third kappa shape index (κ3) is 8.55. The smallest absolute Gasteiger partial charge is 0.239 e. The van der Waals surface area contributed by atoms with E-state index in [1.807, 2.05) is 19.9 Å². The van der Waals surface area contributed by atoms with Crippen LogP contribution in [-0.2, 0) is 15.9 Å². The lowest BCUT2D eigenvalue weighted by Crippen LogP contribution is -2.58. The molecular formula is C36H47NO12. The first-order valence-electron chi connectivity index (χ1n) is 16.6. The van der Waals surface area contributed by atoms with Gasteiger partial charge in [0.25, 0.3) is 0 Å². The van der Waals surface area contributed by atoms with Gasteiger partial charge in [0, 0.05) is 36.8 Å². The Bertz CT molecular complexity index is 1640. The molecule has 1 aromatic heterocycles. The van der Waals surface area contributed by atoms with Crippen LogP contribution in [-0.4, -0.2) is 114 Å². The second-order valence-electron chi connectivity index (χ2n) is 12.7. The minimum absolute atomic E-state index is 0.0206. The van der Waals surface area contributed by atoms with E-state index in [2.05, 4.69) is 4.90 Å². The first-order valence-corrected chi connectivity index (χ1v) is 16.6. The van der Waals surface area contributed by atoms with E-state index in [0.29, 0.717) is 35.7 Å². The fourth-order valence-corrected chi connectivity index (χ4v) is 5.90. The predicted molar refractivity (Wildman–Crippen MR) is 180 cm³/mol. The molecule has 0 spiro atoms. The van der Waals surface area contributed by atoms with Crippen LogP contribution in [0.3, 0.4) is 0 Å². The van der Waals surface area contributed by atoms with Crippen LogP contribution < -0.4 is 19.6 Å². The first-order chi connectivity index (χ1) is 23.5. The van der Waals surface area contributed by atoms with Gasteiger partial charge in [-0.25, -0.2) is 0 Å². The number of rotatable bonds is 13. The number of aromatic hydroxyl groups is 1. The van der Waals surface area contributed by atoms with Crippen molar-refractivity contribution in [1.82, 2.24) is 4.90 Å². The third-order valence-electron chi connectivity index (χ3n) is 8.87. The highest BCUT2D eigenvalue weighted by Gasteiger charge is 2.44. The SMILES string of the molecule is COc1ccc(-c2oc3c(CC=C(C)C)c(OCCOCCN4CCC(O)CC4)cc(O)c3c(=O)c2O[C@H]2O[C@H](C)[C@@H](O)[C@H](O)[C@@H]2O)cc1. The molecule has 2 saturated heterocycles. The van der Waals surface area contributed by atoms with E-state index in [9.17, 15) is 30.3 Å². The van der Waals surface area contributed by atoms with Crippen molar-refractivity contribution in [3.63, 3.8) is 0 Å². The van der Waals surface area contributed by atoms with E-state index in [0.717, 1.165) is 38.0 Å². The number of allylic oxidation sites excluding steroid dienone is 2. The van der Waals surface area contributed by atoms with Crippen LogP contribution in [0.25, 0.3) is 22.3 Å². The fraction of sp³-hybridized carbons (Fsp3) is 0.528. The van der Waals surface area contributed by atoms with Gasteiger partial charge in [-0.15, -0.1) is 0 Å². The molecule has 5 atom stereocenters. The predicted octanol–water partition coefficient (Wildman–Crippen LogP) is 2.74. The zero-order valence-electron chi connectivity index (χ0n) is 28.3. The number of hydrogen-bond donors (Lipinski definition) is 5. The summed E-state index contributed by atoms with van der Waals surface area (Å²) in [6.45, 7) is 8.75. The van der Waals surface area contributed by atoms with E-state index in [-0.39, 0.29) is 41.8 Å². The van der Waals surface area contributed by atoms with Crippen molar-refractivity contribution in [3.05, 3.63) is 57.8 Å². The molecule has 268 valence electrons. The standard InChI is InChI=1S/C36H47NO12/c1-20(2)5-10-25-27(46-18-17-45-16-15-37-13-11-23(38)12-14-37)19-26(39)28-30(41)35(49-36-32(43)31(42)29(40)21(3)47-36)33(48-34(25)28)22-6-8-24(44-4)9-7-22/h5-9,19,21,23,29,31-32,36,38-40,42-43H,10-18H2,1-4H3/t21-,29-,31+,32+,36-/m1/s1. The molecule has 0 amide bonds. The second kappa shape index (κ2) is 16.3. The summed E-state index contributed by atoms with van der Waals surface area (Å²) >= 11 is 0. The minimum atomic E-state index is -1.70. The molecule has 0 aliphatic carbocycles. The van der Waals surface area contributed by atoms with Crippen molar-refractivity contribution in [2.75, 3.05) is 46.6 Å². The van der Waals surface area contributed by atoms with Crippen molar-refractivity contribution in [3.8, 4) is 34.3 Å². The fourth-order valence-electron chi connectivity index (χ4n) is 5.90. The molecule has 49 heavy (non-hydrogen) atoms. The number of ether oxygens (including phenoxy) is 5. The molecule has 3 heterocycles. The normalized spacial score (nSPS) is 23.4. The van der Waals surface area contributed by atoms with Crippen molar-refractivity contribution in [1.29, 1.82) is 0 Å². The molecule has 2 aromatic carbocycles. The number of nitrogens with zero attached hydrogens (tertiary/aromatic N) is 1. The van der Waals surface area contributed by atoms with Crippen LogP contribution >= 0.6 is 0 Å². The number of phenols is 1. The van der Waals surface area contributed by atoms with E-state index in [1.54, 1.807) is 24.3 Å². The Morgan fingerprint density at radius 2 is 1.71 bits per heavy atom. The van der Waals surface area contributed by atoms with Crippen LogP contribution in [0.5, 0.6) is 23.0 Å². The Morgan fingerprint density at radius 3 is 2.39 bits per heavy atom. The summed E-state index contributed by atoms with van der Waals surface area (Å²) in [6, 6.07) is 8.03. The highest BCUT2D eigenvalue weighted by Crippen LogP contribution is 2.41. The summed E-state index contributed by atoms with van der Waals surface area (Å²) in [5.41, 5.74) is 1.28. The summed E-state index contributed by atoms with van der Waals surface area (Å²) in [6.07, 6.45) is -3.59. The Kier molecular flexibility index (Phi) is 12.2. The van der Waals surface area contributed by atoms with Gasteiger partial charge in [0.1, 0.15) is 53.1 Å². The average Bonchev–Trinajstić information content (AvgIpc) is 3.08. The molecule has 2 fully saturated rings. The minimum Gasteiger partial charge on any atom is -0.507 e. The zero-order chi connectivity index (χ0) is 35.2. The lowest BCUT2D eigenvalue weighted by Gasteiger charge is -2.38. The number of aliphatic hydroxyl groups is 4. The maximum atomic E-state index is 14.2. The molecule has 2 aliphatic rings. The number of hydrogen-bond acceptors (Lipinski definition) is 13. The monoisotopic (exact) mass is 685 g/mol. The van der Waals surface area contributed by atoms with Crippen LogP contribution in [0.2, 0.25) is 0 Å². The Morgan fingerprint density at radius 1 is 1.00 bits per heavy atom. The highest BCUT2D eigenvalue weighted by molar-refractivity contribution is 5.91. The lowest BCUT2D eigenvalue weighted by molar-refractivity contribution is -0.268. The summed E-state index contributed by atoms with van der Waals surface area (Å²) in [7, 11) is 1.52. The van der Waals surface area contributed by atoms with Gasteiger partial charge in [0.15, 0.2) is 5.76 Å². The molecule has 5 N–H and O–H groups in total. The molecule has 0 unspecified atom stereocenters. The molecule has 13 heteroatoms. The van der Waals surface area contributed by atoms with Crippen molar-refractivity contribution in [2.45, 2.75) is 76.8 Å². The zero-order valence-corrected chi connectivity index (χ0v) is 28.3. The number of likely N-dealkylation sites (tertiary alicyclic amines) is 1. The van der Waals surface area contributed by atoms with Gasteiger partial charge >= 0.3 is 0 Å². The molecule has 2 aliphatic heterocycles. The van der Waals surface area contributed by atoms with Crippen molar-refractivity contribution < 1.29 is 53.6 Å². The molecular weight excluding hydrogens is 638 g/mol. The van der Waals surface area contributed by atoms with E-state index in [4.69, 9.17) is 28.1 Å². The van der Waals surface area contributed by atoms with Crippen LogP contribution in [0, 0.1) is 0 Å². The number of piperidine rings is 1. The van der Waals surface area contributed by atoms with Gasteiger partial charge < -0.3 is 58.5 Å². The number of aliphatic hydroxyl groups excluding tert-OH is 4. The summed E-state index contributed by atoms with van der Waals surface area (Å²) in [5.74, 6) is 0.0680. The summed E-state index contributed by atoms with van der Waals surface area (Å²) in [5, 5.41) is 52.0. The van der Waals surface area contributed by atoms with Gasteiger partial charge in [0.05, 0.1) is 32.5 Å². The number of benzene rings is 2. The molecule has 5 rings (SSSR count). The molecule has 13 nitrogen and oxygen atoms in total. The molecule has 3 aromatic rings. The van der Waals surface area contributed by atoms with Gasteiger partial charge in [-0.3, -0.25) is 4.79 Å². The molecule has 0 saturated carbocycles. The summed E-state index contributed by atoms with van der Waals surface area (Å²) in [4.78, 5) is 16.5. The van der Waals surface area contributed by atoms with Crippen LogP contribution in [0.1, 0.15) is 39.2 Å². The third-order valence-corrected chi connectivity index (χ3v) is 8.87. The van der Waals surface area contributed by atoms with E-state index >= 15 is 0 Å². The van der Waals surface area contributed by atoms with Crippen molar-refractivity contribution >= 4 is 11.0 Å². The van der Waals surface area contributed by atoms with Gasteiger partial charge in [-0.2, -0.15) is 0 Å². The maximum Gasteiger partial charge on any atom is 0.239 e. The van der Waals surface area contributed by atoms with Gasteiger partial charge in [-0.05, 0) is 64.3 Å². The Balaban J connectivity index is 1.49. The number of fused-ring (bicyclic) bond motifs is 1. The van der Waals surface area contributed by atoms with Crippen LogP contribution in [0.4, 0.5) is 0 Å². The molecule has 0 bridgehead atoms. The van der Waals surface area contributed by atoms with Gasteiger partial charge in [-0.1, -0.05) is 11.6 Å². The van der Waals surface area contributed by atoms with E-state index in [1.165, 1.54) is 20.1 Å². The lowest BCUT2D eigenvalue weighted by atomic mass is 10.00. The quantitative estimate of drug-likeness (QED) is 0.131. The topological polar surface area (TPSA) is 181 Å². The van der Waals surface area contributed by atoms with E-state index < -0.39 is 41.9 Å². The Labute approximate surface area is 284 Å². The second-order valence-corrected chi connectivity index (χ2v) is 12.7. The number of methoxy groups -OCH3 is 1. The average molecular weight is 686 g/mol. The first kappa shape index (κ1) is 36.6. The van der Waals surface area contributed by atoms with Crippen LogP contribution in [0.15, 0.2) is 51.2 Å². The summed E-state index contributed by atoms with van der Waals surface area (Å²) < 4.78 is 35.2. The van der Waals surface area contributed by atoms with Crippen molar-refractivity contribution in [2.24, 2.45) is 0 Å². The molecule has 0 radical (unpaired) electrons. The maximum absolute atomic E-state index is 14.2. The Hall–Kier alpha value is -3.69. The van der Waals surface area contributed by atoms with Gasteiger partial charge in [0.2, 0.25) is 17.5 Å². The number of phenolic OH excluding ortho intramolecular Hbond substituents is 1.